The van der Waals surface area contributed by atoms with Gasteiger partial charge in [-0.25, -0.2) is 0 Å². The first-order valence-electron chi connectivity index (χ1n) is 5.84. The zero-order valence-electron chi connectivity index (χ0n) is 10.3. The summed E-state index contributed by atoms with van der Waals surface area (Å²) in [4.78, 5) is 13.9. The van der Waals surface area contributed by atoms with Gasteiger partial charge in [0.25, 0.3) is 5.91 Å². The summed E-state index contributed by atoms with van der Waals surface area (Å²) in [6, 6.07) is 16.9. The largest absolute Gasteiger partial charge is 0.326 e. The van der Waals surface area contributed by atoms with Gasteiger partial charge in [0.15, 0.2) is 0 Å². The molecule has 0 radical (unpaired) electrons. The molecule has 2 rings (SSSR count). The second kappa shape index (κ2) is 5.47. The molecule has 2 N–H and O–H groups in total. The first-order valence-corrected chi connectivity index (χ1v) is 5.84. The van der Waals surface area contributed by atoms with Gasteiger partial charge in [0.2, 0.25) is 0 Å². The van der Waals surface area contributed by atoms with Gasteiger partial charge in [0, 0.05) is 24.8 Å². The quantitative estimate of drug-likeness (QED) is 0.895. The van der Waals surface area contributed by atoms with Crippen LogP contribution in [-0.4, -0.2) is 13.0 Å². The fraction of sp³-hybridized carbons (Fsp3) is 0.133. The van der Waals surface area contributed by atoms with Crippen molar-refractivity contribution in [1.82, 2.24) is 0 Å². The average molecular weight is 240 g/mol. The van der Waals surface area contributed by atoms with E-state index >= 15 is 0 Å². The van der Waals surface area contributed by atoms with Gasteiger partial charge < -0.3 is 10.6 Å². The third-order valence-electron chi connectivity index (χ3n) is 2.86. The van der Waals surface area contributed by atoms with E-state index in [9.17, 15) is 4.79 Å². The number of nitrogens with two attached hydrogens (primary N) is 1. The average Bonchev–Trinajstić information content (AvgIpc) is 2.46. The van der Waals surface area contributed by atoms with E-state index < -0.39 is 0 Å². The van der Waals surface area contributed by atoms with Crippen molar-refractivity contribution in [3.05, 3.63) is 65.7 Å². The monoisotopic (exact) mass is 240 g/mol. The fourth-order valence-electron chi connectivity index (χ4n) is 1.78. The van der Waals surface area contributed by atoms with Crippen LogP contribution < -0.4 is 10.6 Å². The molecule has 0 bridgehead atoms. The molecule has 92 valence electrons. The molecular weight excluding hydrogens is 224 g/mol. The van der Waals surface area contributed by atoms with Gasteiger partial charge in [-0.3, -0.25) is 4.79 Å². The van der Waals surface area contributed by atoms with Crippen LogP contribution in [0.15, 0.2) is 54.6 Å². The molecule has 0 aliphatic carbocycles. The molecule has 0 aliphatic rings. The summed E-state index contributed by atoms with van der Waals surface area (Å²) >= 11 is 0. The number of benzene rings is 2. The number of hydrogen-bond acceptors (Lipinski definition) is 2. The lowest BCUT2D eigenvalue weighted by Gasteiger charge is -2.18. The van der Waals surface area contributed by atoms with Crippen LogP contribution in [0, 0.1) is 0 Å². The van der Waals surface area contributed by atoms with Crippen LogP contribution in [0.3, 0.4) is 0 Å². The number of carbonyl (C=O) groups excluding carboxylic acids is 1. The molecule has 1 amide bonds. The Hall–Kier alpha value is -2.13. The van der Waals surface area contributed by atoms with E-state index in [2.05, 4.69) is 0 Å². The van der Waals surface area contributed by atoms with Crippen LogP contribution in [0.1, 0.15) is 15.9 Å². The van der Waals surface area contributed by atoms with Gasteiger partial charge in [-0.1, -0.05) is 30.3 Å². The minimum absolute atomic E-state index is 0.0234. The minimum Gasteiger partial charge on any atom is -0.326 e. The fourth-order valence-corrected chi connectivity index (χ4v) is 1.78. The van der Waals surface area contributed by atoms with E-state index in [1.807, 2.05) is 54.6 Å². The first kappa shape index (κ1) is 12.3. The van der Waals surface area contributed by atoms with Gasteiger partial charge >= 0.3 is 0 Å². The molecule has 3 heteroatoms. The third-order valence-corrected chi connectivity index (χ3v) is 2.86. The number of carbonyl (C=O) groups is 1. The van der Waals surface area contributed by atoms with Crippen LogP contribution in [0.25, 0.3) is 0 Å². The van der Waals surface area contributed by atoms with Crippen LogP contribution >= 0.6 is 0 Å². The maximum Gasteiger partial charge on any atom is 0.258 e. The summed E-state index contributed by atoms with van der Waals surface area (Å²) in [7, 11) is 1.77. The summed E-state index contributed by atoms with van der Waals surface area (Å²) in [5, 5.41) is 0. The maximum absolute atomic E-state index is 12.2. The molecule has 0 spiro atoms. The predicted molar refractivity (Wildman–Crippen MR) is 73.5 cm³/mol. The van der Waals surface area contributed by atoms with Crippen LogP contribution in [0.2, 0.25) is 0 Å². The Morgan fingerprint density at radius 3 is 2.50 bits per heavy atom. The molecule has 0 heterocycles. The van der Waals surface area contributed by atoms with Crippen LogP contribution in [-0.2, 0) is 6.54 Å². The summed E-state index contributed by atoms with van der Waals surface area (Å²) in [6.07, 6.45) is 0. The Bertz CT molecular complexity index is 537. The van der Waals surface area contributed by atoms with Gasteiger partial charge in [0.1, 0.15) is 0 Å². The van der Waals surface area contributed by atoms with E-state index in [1.165, 1.54) is 0 Å². The summed E-state index contributed by atoms with van der Waals surface area (Å²) < 4.78 is 0. The third kappa shape index (κ3) is 2.57. The smallest absolute Gasteiger partial charge is 0.258 e. The normalized spacial score (nSPS) is 10.1. The number of amides is 1. The lowest BCUT2D eigenvalue weighted by atomic mass is 10.1. The SMILES string of the molecule is CN(C(=O)c1ccccc1)c1cccc(CN)c1. The molecule has 0 saturated heterocycles. The second-order valence-corrected chi connectivity index (χ2v) is 4.10. The Balaban J connectivity index is 2.25. The van der Waals surface area contributed by atoms with Crippen molar-refractivity contribution in [1.29, 1.82) is 0 Å². The van der Waals surface area contributed by atoms with Crippen molar-refractivity contribution >= 4 is 11.6 Å². The van der Waals surface area contributed by atoms with E-state index in [0.29, 0.717) is 12.1 Å². The summed E-state index contributed by atoms with van der Waals surface area (Å²) in [5.74, 6) is -0.0234. The molecule has 18 heavy (non-hydrogen) atoms. The maximum atomic E-state index is 12.2. The zero-order chi connectivity index (χ0) is 13.0. The van der Waals surface area contributed by atoms with Gasteiger partial charge in [-0.2, -0.15) is 0 Å². The number of anilines is 1. The highest BCUT2D eigenvalue weighted by Crippen LogP contribution is 2.17. The van der Waals surface area contributed by atoms with E-state index in [1.54, 1.807) is 11.9 Å². The van der Waals surface area contributed by atoms with Crippen molar-refractivity contribution < 1.29 is 4.79 Å². The number of hydrogen-bond donors (Lipinski definition) is 1. The number of rotatable bonds is 3. The van der Waals surface area contributed by atoms with Gasteiger partial charge in [0.05, 0.1) is 0 Å². The highest BCUT2D eigenvalue weighted by molar-refractivity contribution is 6.05. The Kier molecular flexibility index (Phi) is 3.75. The Morgan fingerprint density at radius 2 is 1.83 bits per heavy atom. The highest BCUT2D eigenvalue weighted by Gasteiger charge is 2.12. The second-order valence-electron chi connectivity index (χ2n) is 4.10. The molecule has 0 saturated carbocycles. The van der Waals surface area contributed by atoms with E-state index in [4.69, 9.17) is 5.73 Å². The van der Waals surface area contributed by atoms with Crippen LogP contribution in [0.4, 0.5) is 5.69 Å². The molecule has 0 fully saturated rings. The summed E-state index contributed by atoms with van der Waals surface area (Å²) in [5.41, 5.74) is 8.15. The molecule has 2 aromatic rings. The van der Waals surface area contributed by atoms with Crippen molar-refractivity contribution in [2.75, 3.05) is 11.9 Å². The highest BCUT2D eigenvalue weighted by atomic mass is 16.2. The predicted octanol–water partition coefficient (Wildman–Crippen LogP) is 2.42. The van der Waals surface area contributed by atoms with Crippen molar-refractivity contribution in [3.63, 3.8) is 0 Å². The summed E-state index contributed by atoms with van der Waals surface area (Å²) in [6.45, 7) is 0.473. The molecule has 2 aromatic carbocycles. The molecule has 0 unspecified atom stereocenters. The minimum atomic E-state index is -0.0234. The molecule has 0 aromatic heterocycles. The van der Waals surface area contributed by atoms with Crippen molar-refractivity contribution in [2.45, 2.75) is 6.54 Å². The van der Waals surface area contributed by atoms with Crippen molar-refractivity contribution in [2.24, 2.45) is 5.73 Å². The Morgan fingerprint density at radius 1 is 1.11 bits per heavy atom. The van der Waals surface area contributed by atoms with E-state index in [-0.39, 0.29) is 5.91 Å². The zero-order valence-corrected chi connectivity index (χ0v) is 10.3. The molecule has 3 nitrogen and oxygen atoms in total. The molecular formula is C15H16N2O. The van der Waals surface area contributed by atoms with E-state index in [0.717, 1.165) is 11.3 Å². The lowest BCUT2D eigenvalue weighted by molar-refractivity contribution is 0.0993. The standard InChI is InChI=1S/C15H16N2O/c1-17(14-9-5-6-12(10-14)11-16)15(18)13-7-3-2-4-8-13/h2-10H,11,16H2,1H3. The topological polar surface area (TPSA) is 46.3 Å². The van der Waals surface area contributed by atoms with Gasteiger partial charge in [-0.05, 0) is 29.8 Å². The first-order chi connectivity index (χ1) is 8.72. The molecule has 0 atom stereocenters. The number of nitrogens with zero attached hydrogens (tertiary/aromatic N) is 1. The Labute approximate surface area is 107 Å². The lowest BCUT2D eigenvalue weighted by Crippen LogP contribution is -2.26. The van der Waals surface area contributed by atoms with Crippen LogP contribution in [0.5, 0.6) is 0 Å². The van der Waals surface area contributed by atoms with Gasteiger partial charge in [-0.15, -0.1) is 0 Å². The molecule has 0 aliphatic heterocycles. The van der Waals surface area contributed by atoms with Crippen molar-refractivity contribution in [3.8, 4) is 0 Å².